The van der Waals surface area contributed by atoms with Crippen molar-refractivity contribution < 1.29 is 13.9 Å². The second kappa shape index (κ2) is 2.11. The first-order valence-corrected chi connectivity index (χ1v) is 2.18. The van der Waals surface area contributed by atoms with Crippen LogP contribution in [0.15, 0.2) is 0 Å². The summed E-state index contributed by atoms with van der Waals surface area (Å²) in [6.07, 6.45) is -4.22. The molecule has 0 spiro atoms. The van der Waals surface area contributed by atoms with Crippen LogP contribution in [0.3, 0.4) is 0 Å². The van der Waals surface area contributed by atoms with Gasteiger partial charge in [-0.3, -0.25) is 0 Å². The third-order valence-electron chi connectivity index (χ3n) is 0.254. The third kappa shape index (κ3) is 3.02. The maximum Gasteiger partial charge on any atom is 0.410 e. The Bertz CT molecular complexity index is 59.2. The lowest BCUT2D eigenvalue weighted by Crippen LogP contribution is -2.21. The molecule has 0 aromatic carbocycles. The van der Waals surface area contributed by atoms with E-state index >= 15 is 0 Å². The van der Waals surface area contributed by atoms with E-state index in [1.165, 1.54) is 0 Å². The smallest absolute Gasteiger partial charge is 0.170 e. The lowest BCUT2D eigenvalue weighted by Gasteiger charge is -2.03. The standard InChI is InChI=1S/C2HCl2F2O/c3-1(4)2(5,6)7/h1H. The molecule has 5 heteroatoms. The molecule has 0 bridgehead atoms. The maximum atomic E-state index is 11.0. The van der Waals surface area contributed by atoms with Gasteiger partial charge < -0.3 is 0 Å². The fraction of sp³-hybridized carbons (Fsp3) is 1.00. The van der Waals surface area contributed by atoms with Gasteiger partial charge in [0.1, 0.15) is 0 Å². The molecule has 0 amide bonds. The topological polar surface area (TPSA) is 19.9 Å². The predicted molar refractivity (Wildman–Crippen MR) is 21.1 cm³/mol. The first-order chi connectivity index (χ1) is 2.94. The van der Waals surface area contributed by atoms with Gasteiger partial charge in [0.2, 0.25) is 4.84 Å². The number of hydrogen-bond acceptors (Lipinski definition) is 0. The van der Waals surface area contributed by atoms with Gasteiger partial charge in [0.15, 0.2) is 0 Å². The fourth-order valence-electron chi connectivity index (χ4n) is 0. The molecule has 1 radical (unpaired) electrons. The molecule has 0 aliphatic carbocycles. The average Bonchev–Trinajstić information content (AvgIpc) is 1.31. The fourth-order valence-corrected chi connectivity index (χ4v) is 0. The molecular formula is C2HCl2F2O. The Morgan fingerprint density at radius 1 is 1.43 bits per heavy atom. The summed E-state index contributed by atoms with van der Waals surface area (Å²) in [5.41, 5.74) is 0. The molecule has 0 saturated heterocycles. The van der Waals surface area contributed by atoms with Crippen molar-refractivity contribution in [3.05, 3.63) is 0 Å². The Morgan fingerprint density at radius 3 is 1.57 bits per heavy atom. The molecule has 0 atom stereocenters. The highest BCUT2D eigenvalue weighted by atomic mass is 35.5. The number of rotatable bonds is 1. The summed E-state index contributed by atoms with van der Waals surface area (Å²) < 4.78 is 22.1. The molecule has 0 aliphatic rings. The van der Waals surface area contributed by atoms with E-state index in [1.54, 1.807) is 0 Å². The summed E-state index contributed by atoms with van der Waals surface area (Å²) in [4.78, 5) is -2.15. The Kier molecular flexibility index (Phi) is 2.23. The largest absolute Gasteiger partial charge is 0.410 e. The quantitative estimate of drug-likeness (QED) is 0.508. The Balaban J connectivity index is 3.54. The first-order valence-electron chi connectivity index (χ1n) is 1.31. The van der Waals surface area contributed by atoms with E-state index < -0.39 is 10.9 Å². The third-order valence-corrected chi connectivity index (χ3v) is 0.762. The molecule has 0 fully saturated rings. The van der Waals surface area contributed by atoms with E-state index in [0.29, 0.717) is 0 Å². The van der Waals surface area contributed by atoms with Crippen molar-refractivity contribution in [1.29, 1.82) is 0 Å². The zero-order valence-corrected chi connectivity index (χ0v) is 4.51. The highest BCUT2D eigenvalue weighted by Gasteiger charge is 2.35. The van der Waals surface area contributed by atoms with Crippen LogP contribution in [0.5, 0.6) is 0 Å². The van der Waals surface area contributed by atoms with Gasteiger partial charge in [-0.05, 0) is 0 Å². The van der Waals surface area contributed by atoms with Gasteiger partial charge >= 0.3 is 6.11 Å². The zero-order valence-electron chi connectivity index (χ0n) is 3.00. The van der Waals surface area contributed by atoms with Crippen LogP contribution in [0, 0.1) is 0 Å². The van der Waals surface area contributed by atoms with Crippen molar-refractivity contribution in [1.82, 2.24) is 0 Å². The van der Waals surface area contributed by atoms with Crippen LogP contribution in [0.25, 0.3) is 0 Å². The SMILES string of the molecule is [O]C(F)(F)C(Cl)Cl. The van der Waals surface area contributed by atoms with E-state index in [0.717, 1.165) is 0 Å². The van der Waals surface area contributed by atoms with E-state index in [4.69, 9.17) is 0 Å². The van der Waals surface area contributed by atoms with Gasteiger partial charge in [-0.15, -0.1) is 0 Å². The molecule has 0 unspecified atom stereocenters. The zero-order chi connectivity index (χ0) is 6.08. The summed E-state index contributed by atoms with van der Waals surface area (Å²) in [5, 5.41) is 9.21. The summed E-state index contributed by atoms with van der Waals surface area (Å²) in [5.74, 6) is 0. The van der Waals surface area contributed by atoms with E-state index in [2.05, 4.69) is 23.2 Å². The van der Waals surface area contributed by atoms with Crippen LogP contribution < -0.4 is 0 Å². The van der Waals surface area contributed by atoms with E-state index in [-0.39, 0.29) is 0 Å². The number of alkyl halides is 4. The minimum Gasteiger partial charge on any atom is -0.170 e. The lowest BCUT2D eigenvalue weighted by atomic mass is 10.7. The van der Waals surface area contributed by atoms with Crippen LogP contribution in [-0.4, -0.2) is 10.9 Å². The normalized spacial score (nSPS) is 12.9. The second-order valence-corrected chi connectivity index (χ2v) is 1.96. The highest BCUT2D eigenvalue weighted by Crippen LogP contribution is 2.23. The van der Waals surface area contributed by atoms with Crippen molar-refractivity contribution >= 4 is 23.2 Å². The molecule has 0 aromatic heterocycles. The van der Waals surface area contributed by atoms with Crippen LogP contribution in [-0.2, 0) is 5.11 Å². The first kappa shape index (κ1) is 7.40. The molecule has 0 N–H and O–H groups in total. The van der Waals surface area contributed by atoms with Crippen LogP contribution >= 0.6 is 23.2 Å². The van der Waals surface area contributed by atoms with Crippen molar-refractivity contribution in [3.63, 3.8) is 0 Å². The average molecular weight is 150 g/mol. The minimum absolute atomic E-state index is 2.15. The van der Waals surface area contributed by atoms with Crippen molar-refractivity contribution in [2.45, 2.75) is 10.9 Å². The summed E-state index contributed by atoms with van der Waals surface area (Å²) in [6, 6.07) is 0. The van der Waals surface area contributed by atoms with E-state index in [9.17, 15) is 13.9 Å². The van der Waals surface area contributed by atoms with Gasteiger partial charge in [-0.1, -0.05) is 23.2 Å². The second-order valence-electron chi connectivity index (χ2n) is 0.862. The summed E-state index contributed by atoms with van der Waals surface area (Å²) >= 11 is 8.91. The molecule has 0 saturated carbocycles. The Labute approximate surface area is 48.8 Å². The van der Waals surface area contributed by atoms with Gasteiger partial charge in [0.25, 0.3) is 0 Å². The van der Waals surface area contributed by atoms with Gasteiger partial charge in [-0.2, -0.15) is 13.9 Å². The van der Waals surface area contributed by atoms with Crippen LogP contribution in [0.4, 0.5) is 8.78 Å². The van der Waals surface area contributed by atoms with Gasteiger partial charge in [0.05, 0.1) is 0 Å². The molecule has 43 valence electrons. The molecule has 0 aliphatic heterocycles. The highest BCUT2D eigenvalue weighted by molar-refractivity contribution is 6.44. The lowest BCUT2D eigenvalue weighted by molar-refractivity contribution is -0.230. The van der Waals surface area contributed by atoms with Crippen LogP contribution in [0.2, 0.25) is 0 Å². The molecule has 1 nitrogen and oxygen atoms in total. The minimum atomic E-state index is -4.22. The molecule has 7 heavy (non-hydrogen) atoms. The Hall–Kier alpha value is 0.400. The van der Waals surface area contributed by atoms with Crippen molar-refractivity contribution in [3.8, 4) is 0 Å². The molecule has 0 rings (SSSR count). The molecule has 0 aromatic rings. The van der Waals surface area contributed by atoms with E-state index in [1.807, 2.05) is 0 Å². The Morgan fingerprint density at radius 2 is 1.57 bits per heavy atom. The monoisotopic (exact) mass is 149 g/mol. The number of hydrogen-bond donors (Lipinski definition) is 0. The van der Waals surface area contributed by atoms with Crippen molar-refractivity contribution in [2.75, 3.05) is 0 Å². The summed E-state index contributed by atoms with van der Waals surface area (Å²) in [6.45, 7) is 0. The predicted octanol–water partition coefficient (Wildman–Crippen LogP) is 1.81. The summed E-state index contributed by atoms with van der Waals surface area (Å²) in [7, 11) is 0. The van der Waals surface area contributed by atoms with Gasteiger partial charge in [-0.25, -0.2) is 0 Å². The molecule has 0 heterocycles. The molecular weight excluding hydrogens is 149 g/mol. The van der Waals surface area contributed by atoms with Crippen LogP contribution in [0.1, 0.15) is 0 Å². The maximum absolute atomic E-state index is 11.0. The van der Waals surface area contributed by atoms with Crippen molar-refractivity contribution in [2.24, 2.45) is 0 Å². The number of halogens is 4. The van der Waals surface area contributed by atoms with Gasteiger partial charge in [0, 0.05) is 0 Å².